The molecule has 0 atom stereocenters. The zero-order chi connectivity index (χ0) is 13.8. The van der Waals surface area contributed by atoms with Crippen LogP contribution in [0.4, 0.5) is 5.69 Å². The molecule has 0 saturated carbocycles. The summed E-state index contributed by atoms with van der Waals surface area (Å²) in [5.74, 6) is -0.200. The van der Waals surface area contributed by atoms with Gasteiger partial charge in [0.15, 0.2) is 0 Å². The molecule has 0 aromatic heterocycles. The molecule has 0 spiro atoms. The number of hydrogen-bond acceptors (Lipinski definition) is 4. The molecule has 0 unspecified atom stereocenters. The van der Waals surface area contributed by atoms with Crippen LogP contribution in [0, 0.1) is 0 Å². The fourth-order valence-electron chi connectivity index (χ4n) is 2.39. The van der Waals surface area contributed by atoms with Crippen LogP contribution in [0.1, 0.15) is 17.3 Å². The van der Waals surface area contributed by atoms with Gasteiger partial charge in [-0.25, -0.2) is 4.79 Å². The van der Waals surface area contributed by atoms with Gasteiger partial charge in [0.1, 0.15) is 5.75 Å². The number of likely N-dealkylation sites (N-methyl/N-ethyl adjacent to an activating group) is 1. The summed E-state index contributed by atoms with van der Waals surface area (Å²) in [4.78, 5) is 15.8. The van der Waals surface area contributed by atoms with Crippen molar-refractivity contribution in [3.8, 4) is 5.75 Å². The number of carboxylic acids is 1. The molecule has 1 aromatic carbocycles. The summed E-state index contributed by atoms with van der Waals surface area (Å²) in [7, 11) is 1.59. The van der Waals surface area contributed by atoms with Crippen LogP contribution in [0.25, 0.3) is 0 Å². The molecule has 5 heteroatoms. The third-order valence-electron chi connectivity index (χ3n) is 3.60. The summed E-state index contributed by atoms with van der Waals surface area (Å²) in [6.45, 7) is 6.81. The Kier molecular flexibility index (Phi) is 4.27. The molecule has 0 aliphatic carbocycles. The molecular formula is C14H20N2O3. The molecule has 2 rings (SSSR count). The van der Waals surface area contributed by atoms with Crippen molar-refractivity contribution >= 4 is 11.7 Å². The second kappa shape index (κ2) is 5.93. The predicted molar refractivity (Wildman–Crippen MR) is 74.3 cm³/mol. The van der Waals surface area contributed by atoms with Crippen LogP contribution < -0.4 is 9.64 Å². The Bertz CT molecular complexity index is 454. The highest BCUT2D eigenvalue weighted by molar-refractivity contribution is 5.94. The number of ether oxygens (including phenoxy) is 1. The van der Waals surface area contributed by atoms with E-state index in [1.165, 1.54) is 0 Å². The molecule has 0 bridgehead atoms. The number of methoxy groups -OCH3 is 1. The van der Waals surface area contributed by atoms with E-state index in [2.05, 4.69) is 16.7 Å². The van der Waals surface area contributed by atoms with E-state index in [0.717, 1.165) is 38.4 Å². The number of nitrogens with zero attached hydrogens (tertiary/aromatic N) is 2. The van der Waals surface area contributed by atoms with Crippen molar-refractivity contribution in [2.24, 2.45) is 0 Å². The number of benzene rings is 1. The third kappa shape index (κ3) is 2.98. The molecule has 1 aliphatic rings. The van der Waals surface area contributed by atoms with Crippen molar-refractivity contribution < 1.29 is 14.6 Å². The summed E-state index contributed by atoms with van der Waals surface area (Å²) < 4.78 is 5.19. The molecule has 0 amide bonds. The number of hydrogen-bond donors (Lipinski definition) is 1. The predicted octanol–water partition coefficient (Wildman–Crippen LogP) is 1.54. The van der Waals surface area contributed by atoms with Crippen molar-refractivity contribution in [3.05, 3.63) is 23.8 Å². The molecule has 1 fully saturated rings. The van der Waals surface area contributed by atoms with Gasteiger partial charge in [0.2, 0.25) is 0 Å². The van der Waals surface area contributed by atoms with Crippen LogP contribution >= 0.6 is 0 Å². The topological polar surface area (TPSA) is 53.0 Å². The smallest absolute Gasteiger partial charge is 0.337 e. The van der Waals surface area contributed by atoms with E-state index in [0.29, 0.717) is 11.3 Å². The number of rotatable bonds is 4. The Labute approximate surface area is 113 Å². The number of aromatic carboxylic acids is 1. The fraction of sp³-hybridized carbons (Fsp3) is 0.500. The Morgan fingerprint density at radius 3 is 2.53 bits per heavy atom. The largest absolute Gasteiger partial charge is 0.497 e. The monoisotopic (exact) mass is 264 g/mol. The van der Waals surface area contributed by atoms with Gasteiger partial charge in [-0.15, -0.1) is 0 Å². The molecule has 1 saturated heterocycles. The first-order chi connectivity index (χ1) is 9.15. The molecular weight excluding hydrogens is 244 g/mol. The molecule has 5 nitrogen and oxygen atoms in total. The molecule has 1 N–H and O–H groups in total. The van der Waals surface area contributed by atoms with Gasteiger partial charge < -0.3 is 19.6 Å². The van der Waals surface area contributed by atoms with E-state index >= 15 is 0 Å². The standard InChI is InChI=1S/C14H20N2O3/c1-3-15-6-8-16(9-7-15)13-10-11(19-2)4-5-12(13)14(17)18/h4-5,10H,3,6-9H2,1-2H3,(H,17,18). The van der Waals surface area contributed by atoms with E-state index < -0.39 is 5.97 Å². The van der Waals surface area contributed by atoms with Crippen molar-refractivity contribution in [3.63, 3.8) is 0 Å². The second-order valence-corrected chi connectivity index (χ2v) is 4.61. The minimum atomic E-state index is -0.893. The lowest BCUT2D eigenvalue weighted by molar-refractivity contribution is 0.0697. The van der Waals surface area contributed by atoms with Crippen LogP contribution in [0.3, 0.4) is 0 Å². The Balaban J connectivity index is 2.24. The van der Waals surface area contributed by atoms with E-state index in [-0.39, 0.29) is 0 Å². The molecule has 1 heterocycles. The van der Waals surface area contributed by atoms with Gasteiger partial charge >= 0.3 is 5.97 Å². The van der Waals surface area contributed by atoms with E-state index in [4.69, 9.17) is 4.74 Å². The Morgan fingerprint density at radius 2 is 2.00 bits per heavy atom. The van der Waals surface area contributed by atoms with E-state index in [1.54, 1.807) is 19.2 Å². The lowest BCUT2D eigenvalue weighted by atomic mass is 10.1. The zero-order valence-electron chi connectivity index (χ0n) is 11.4. The SMILES string of the molecule is CCN1CCN(c2cc(OC)ccc2C(=O)O)CC1. The minimum Gasteiger partial charge on any atom is -0.497 e. The summed E-state index contributed by atoms with van der Waals surface area (Å²) in [6, 6.07) is 5.11. The summed E-state index contributed by atoms with van der Waals surface area (Å²) in [5.41, 5.74) is 1.09. The molecule has 1 aliphatic heterocycles. The maximum absolute atomic E-state index is 11.3. The normalized spacial score (nSPS) is 16.4. The van der Waals surface area contributed by atoms with Crippen LogP contribution in [0.5, 0.6) is 5.75 Å². The molecule has 104 valence electrons. The van der Waals surface area contributed by atoms with E-state index in [1.807, 2.05) is 6.07 Å². The third-order valence-corrected chi connectivity index (χ3v) is 3.60. The Morgan fingerprint density at radius 1 is 1.32 bits per heavy atom. The quantitative estimate of drug-likeness (QED) is 0.894. The van der Waals surface area contributed by atoms with Crippen molar-refractivity contribution in [1.29, 1.82) is 0 Å². The number of carbonyl (C=O) groups is 1. The van der Waals surface area contributed by atoms with Gasteiger partial charge in [-0.2, -0.15) is 0 Å². The fourth-order valence-corrected chi connectivity index (χ4v) is 2.39. The highest BCUT2D eigenvalue weighted by atomic mass is 16.5. The van der Waals surface area contributed by atoms with Gasteiger partial charge in [-0.05, 0) is 18.7 Å². The van der Waals surface area contributed by atoms with Crippen LogP contribution in [-0.4, -0.2) is 55.8 Å². The summed E-state index contributed by atoms with van der Waals surface area (Å²) >= 11 is 0. The first-order valence-corrected chi connectivity index (χ1v) is 6.54. The van der Waals surface area contributed by atoms with Crippen LogP contribution in [0.2, 0.25) is 0 Å². The molecule has 0 radical (unpaired) electrons. The van der Waals surface area contributed by atoms with Crippen molar-refractivity contribution in [1.82, 2.24) is 4.90 Å². The maximum atomic E-state index is 11.3. The number of carboxylic acid groups (broad SMARTS) is 1. The Hall–Kier alpha value is -1.75. The number of anilines is 1. The van der Waals surface area contributed by atoms with Gasteiger partial charge in [-0.3, -0.25) is 0 Å². The zero-order valence-corrected chi connectivity index (χ0v) is 11.4. The second-order valence-electron chi connectivity index (χ2n) is 4.61. The summed E-state index contributed by atoms with van der Waals surface area (Å²) in [6.07, 6.45) is 0. The lowest BCUT2D eigenvalue weighted by Gasteiger charge is -2.36. The first kappa shape index (κ1) is 13.7. The lowest BCUT2D eigenvalue weighted by Crippen LogP contribution is -2.46. The first-order valence-electron chi connectivity index (χ1n) is 6.54. The molecule has 1 aromatic rings. The van der Waals surface area contributed by atoms with Crippen molar-refractivity contribution in [2.75, 3.05) is 44.7 Å². The van der Waals surface area contributed by atoms with Gasteiger partial charge in [0.05, 0.1) is 18.4 Å². The van der Waals surface area contributed by atoms with Gasteiger partial charge in [0.25, 0.3) is 0 Å². The highest BCUT2D eigenvalue weighted by Crippen LogP contribution is 2.27. The van der Waals surface area contributed by atoms with E-state index in [9.17, 15) is 9.90 Å². The minimum absolute atomic E-state index is 0.339. The van der Waals surface area contributed by atoms with Gasteiger partial charge in [-0.1, -0.05) is 6.92 Å². The van der Waals surface area contributed by atoms with Crippen LogP contribution in [-0.2, 0) is 0 Å². The number of piperazine rings is 1. The highest BCUT2D eigenvalue weighted by Gasteiger charge is 2.21. The van der Waals surface area contributed by atoms with Crippen molar-refractivity contribution in [2.45, 2.75) is 6.92 Å². The van der Waals surface area contributed by atoms with Gasteiger partial charge in [0, 0.05) is 32.2 Å². The average Bonchev–Trinajstić information content (AvgIpc) is 2.46. The molecule has 19 heavy (non-hydrogen) atoms. The summed E-state index contributed by atoms with van der Waals surface area (Å²) in [5, 5.41) is 9.28. The average molecular weight is 264 g/mol. The maximum Gasteiger partial charge on any atom is 0.337 e. The van der Waals surface area contributed by atoms with Crippen LogP contribution in [0.15, 0.2) is 18.2 Å².